The van der Waals surface area contributed by atoms with Crippen molar-refractivity contribution in [3.05, 3.63) is 39.9 Å². The minimum absolute atomic E-state index is 0.0484. The highest BCUT2D eigenvalue weighted by Crippen LogP contribution is 2.13. The van der Waals surface area contributed by atoms with E-state index in [0.717, 1.165) is 0 Å². The molecular weight excluding hydrogens is 206 g/mol. The number of nitro benzene ring substituents is 1. The van der Waals surface area contributed by atoms with Gasteiger partial charge in [0.25, 0.3) is 5.69 Å². The summed E-state index contributed by atoms with van der Waals surface area (Å²) >= 11 is 0. The zero-order valence-electron chi connectivity index (χ0n) is 9.60. The molecule has 0 aliphatic heterocycles. The fourth-order valence-electron chi connectivity index (χ4n) is 1.18. The maximum atomic E-state index is 10.5. The van der Waals surface area contributed by atoms with Crippen LogP contribution >= 0.6 is 0 Å². The standard InChI is InChI=1S/C11H15N3O2/c1-11(2,3)13-10(12)8-4-6-9(7-5-8)14(15)16/h4-7H,1-3H3,(H2,12,13). The molecule has 2 N–H and O–H groups in total. The van der Waals surface area contributed by atoms with Crippen molar-refractivity contribution in [2.45, 2.75) is 26.3 Å². The molecule has 0 saturated heterocycles. The van der Waals surface area contributed by atoms with Gasteiger partial charge in [-0.05, 0) is 32.9 Å². The van der Waals surface area contributed by atoms with E-state index in [0.29, 0.717) is 11.4 Å². The quantitative estimate of drug-likeness (QED) is 0.359. The lowest BCUT2D eigenvalue weighted by molar-refractivity contribution is -0.384. The van der Waals surface area contributed by atoms with E-state index in [9.17, 15) is 10.1 Å². The summed E-state index contributed by atoms with van der Waals surface area (Å²) in [5, 5.41) is 10.5. The number of nitro groups is 1. The highest BCUT2D eigenvalue weighted by atomic mass is 16.6. The third-order valence-corrected chi connectivity index (χ3v) is 1.83. The summed E-state index contributed by atoms with van der Waals surface area (Å²) in [4.78, 5) is 14.3. The summed E-state index contributed by atoms with van der Waals surface area (Å²) in [6.07, 6.45) is 0. The second kappa shape index (κ2) is 4.30. The number of non-ortho nitro benzene ring substituents is 1. The highest BCUT2D eigenvalue weighted by Gasteiger charge is 2.10. The lowest BCUT2D eigenvalue weighted by atomic mass is 10.1. The van der Waals surface area contributed by atoms with Gasteiger partial charge < -0.3 is 5.73 Å². The predicted molar refractivity (Wildman–Crippen MR) is 63.6 cm³/mol. The Morgan fingerprint density at radius 1 is 1.31 bits per heavy atom. The number of nitrogens with zero attached hydrogens (tertiary/aromatic N) is 2. The van der Waals surface area contributed by atoms with Crippen LogP contribution in [-0.2, 0) is 0 Å². The SMILES string of the molecule is CC(C)(C)N=C(N)c1ccc([N+](=O)[O-])cc1. The molecule has 0 spiro atoms. The fourth-order valence-corrected chi connectivity index (χ4v) is 1.18. The Hall–Kier alpha value is -1.91. The van der Waals surface area contributed by atoms with Crippen LogP contribution in [0.5, 0.6) is 0 Å². The first-order valence-electron chi connectivity index (χ1n) is 4.90. The van der Waals surface area contributed by atoms with E-state index in [1.807, 2.05) is 20.8 Å². The van der Waals surface area contributed by atoms with Crippen LogP contribution in [0.1, 0.15) is 26.3 Å². The first kappa shape index (κ1) is 12.2. The predicted octanol–water partition coefficient (Wildman–Crippen LogP) is 2.10. The number of amidine groups is 1. The Kier molecular flexibility index (Phi) is 3.27. The van der Waals surface area contributed by atoms with E-state index < -0.39 is 4.92 Å². The van der Waals surface area contributed by atoms with Crippen LogP contribution in [0.4, 0.5) is 5.69 Å². The van der Waals surface area contributed by atoms with Crippen molar-refractivity contribution < 1.29 is 4.92 Å². The molecule has 0 aliphatic rings. The lowest BCUT2D eigenvalue weighted by Gasteiger charge is -2.13. The Balaban J connectivity index is 2.99. The molecule has 86 valence electrons. The van der Waals surface area contributed by atoms with Crippen LogP contribution in [0.15, 0.2) is 29.3 Å². The molecule has 0 amide bonds. The van der Waals surface area contributed by atoms with E-state index in [4.69, 9.17) is 5.73 Å². The summed E-state index contributed by atoms with van der Waals surface area (Å²) < 4.78 is 0. The van der Waals surface area contributed by atoms with Crippen molar-refractivity contribution in [3.63, 3.8) is 0 Å². The van der Waals surface area contributed by atoms with Crippen molar-refractivity contribution in [1.29, 1.82) is 0 Å². The molecule has 16 heavy (non-hydrogen) atoms. The molecule has 5 nitrogen and oxygen atoms in total. The van der Waals surface area contributed by atoms with E-state index in [1.54, 1.807) is 12.1 Å². The van der Waals surface area contributed by atoms with Gasteiger partial charge in [0, 0.05) is 17.7 Å². The van der Waals surface area contributed by atoms with Gasteiger partial charge in [0.05, 0.1) is 10.5 Å². The molecule has 0 unspecified atom stereocenters. The number of hydrogen-bond donors (Lipinski definition) is 1. The Morgan fingerprint density at radius 2 is 1.81 bits per heavy atom. The minimum Gasteiger partial charge on any atom is -0.383 e. The van der Waals surface area contributed by atoms with Crippen LogP contribution in [0.3, 0.4) is 0 Å². The molecule has 1 aromatic rings. The van der Waals surface area contributed by atoms with Gasteiger partial charge >= 0.3 is 0 Å². The molecule has 0 saturated carbocycles. The molecule has 0 atom stereocenters. The maximum Gasteiger partial charge on any atom is 0.269 e. The molecule has 0 bridgehead atoms. The van der Waals surface area contributed by atoms with E-state index in [2.05, 4.69) is 4.99 Å². The van der Waals surface area contributed by atoms with Gasteiger partial charge in [-0.3, -0.25) is 15.1 Å². The summed E-state index contributed by atoms with van der Waals surface area (Å²) in [5.74, 6) is 0.391. The van der Waals surface area contributed by atoms with Crippen molar-refractivity contribution in [2.24, 2.45) is 10.7 Å². The molecule has 1 aromatic carbocycles. The largest absolute Gasteiger partial charge is 0.383 e. The average Bonchev–Trinajstić information content (AvgIpc) is 2.15. The first-order valence-corrected chi connectivity index (χ1v) is 4.90. The maximum absolute atomic E-state index is 10.5. The summed E-state index contributed by atoms with van der Waals surface area (Å²) in [5.41, 5.74) is 6.27. The Labute approximate surface area is 94.1 Å². The van der Waals surface area contributed by atoms with Gasteiger partial charge in [-0.15, -0.1) is 0 Å². The van der Waals surface area contributed by atoms with Crippen LogP contribution in [-0.4, -0.2) is 16.3 Å². The second-order valence-corrected chi connectivity index (χ2v) is 4.47. The molecule has 1 rings (SSSR count). The first-order chi connectivity index (χ1) is 7.29. The lowest BCUT2D eigenvalue weighted by Crippen LogP contribution is -2.21. The molecule has 0 aromatic heterocycles. The smallest absolute Gasteiger partial charge is 0.269 e. The normalized spacial score (nSPS) is 12.6. The Bertz CT molecular complexity index is 416. The number of rotatable bonds is 2. The zero-order chi connectivity index (χ0) is 12.3. The van der Waals surface area contributed by atoms with E-state index in [-0.39, 0.29) is 11.2 Å². The van der Waals surface area contributed by atoms with Gasteiger partial charge in [0.2, 0.25) is 0 Å². The Morgan fingerprint density at radius 3 is 2.19 bits per heavy atom. The van der Waals surface area contributed by atoms with Crippen LogP contribution in [0.25, 0.3) is 0 Å². The summed E-state index contributed by atoms with van der Waals surface area (Å²) in [6, 6.07) is 6.03. The molecule has 0 aliphatic carbocycles. The number of hydrogen-bond acceptors (Lipinski definition) is 3. The monoisotopic (exact) mass is 221 g/mol. The number of benzene rings is 1. The molecular formula is C11H15N3O2. The average molecular weight is 221 g/mol. The van der Waals surface area contributed by atoms with Gasteiger partial charge in [0.15, 0.2) is 0 Å². The van der Waals surface area contributed by atoms with Gasteiger partial charge in [-0.2, -0.15) is 0 Å². The summed E-state index contributed by atoms with van der Waals surface area (Å²) in [6.45, 7) is 5.81. The molecule has 5 heteroatoms. The summed E-state index contributed by atoms with van der Waals surface area (Å²) in [7, 11) is 0. The van der Waals surface area contributed by atoms with Gasteiger partial charge in [0.1, 0.15) is 5.84 Å². The highest BCUT2D eigenvalue weighted by molar-refractivity contribution is 5.97. The van der Waals surface area contributed by atoms with Crippen LogP contribution < -0.4 is 5.73 Å². The van der Waals surface area contributed by atoms with Crippen LogP contribution in [0, 0.1) is 10.1 Å². The van der Waals surface area contributed by atoms with E-state index in [1.165, 1.54) is 12.1 Å². The molecule has 0 heterocycles. The molecule has 0 fully saturated rings. The van der Waals surface area contributed by atoms with Crippen LogP contribution in [0.2, 0.25) is 0 Å². The van der Waals surface area contributed by atoms with Crippen molar-refractivity contribution in [2.75, 3.05) is 0 Å². The van der Waals surface area contributed by atoms with E-state index >= 15 is 0 Å². The number of aliphatic imine (C=N–C) groups is 1. The second-order valence-electron chi connectivity index (χ2n) is 4.47. The fraction of sp³-hybridized carbons (Fsp3) is 0.364. The van der Waals surface area contributed by atoms with Crippen molar-refractivity contribution in [1.82, 2.24) is 0 Å². The topological polar surface area (TPSA) is 81.5 Å². The third kappa shape index (κ3) is 3.34. The van der Waals surface area contributed by atoms with Gasteiger partial charge in [-0.1, -0.05) is 0 Å². The third-order valence-electron chi connectivity index (χ3n) is 1.83. The van der Waals surface area contributed by atoms with Crippen molar-refractivity contribution >= 4 is 11.5 Å². The molecule has 0 radical (unpaired) electrons. The van der Waals surface area contributed by atoms with Gasteiger partial charge in [-0.25, -0.2) is 0 Å². The zero-order valence-corrected chi connectivity index (χ0v) is 9.60. The minimum atomic E-state index is -0.444. The van der Waals surface area contributed by atoms with Crippen molar-refractivity contribution in [3.8, 4) is 0 Å². The number of nitrogens with two attached hydrogens (primary N) is 1.